The number of hydrogen-bond donors (Lipinski definition) is 0. The Hall–Kier alpha value is -0.700. The molecule has 1 aromatic rings. The molecular formula is C16H22BrNO. The highest BCUT2D eigenvalue weighted by Crippen LogP contribution is 2.42. The van der Waals surface area contributed by atoms with Crippen molar-refractivity contribution in [2.75, 3.05) is 29.9 Å². The Morgan fingerprint density at radius 2 is 1.95 bits per heavy atom. The number of ether oxygens (including phenoxy) is 1. The van der Waals surface area contributed by atoms with E-state index < -0.39 is 0 Å². The first-order chi connectivity index (χ1) is 9.33. The molecule has 1 fully saturated rings. The fourth-order valence-corrected chi connectivity index (χ4v) is 4.16. The molecule has 1 heterocycles. The summed E-state index contributed by atoms with van der Waals surface area (Å²) in [5.74, 6) is 1.06. The van der Waals surface area contributed by atoms with Crippen LogP contribution in [0, 0.1) is 5.41 Å². The molecule has 104 valence electrons. The van der Waals surface area contributed by atoms with E-state index >= 15 is 0 Å². The molecule has 0 spiro atoms. The molecule has 0 unspecified atom stereocenters. The summed E-state index contributed by atoms with van der Waals surface area (Å²) in [4.78, 5) is 2.55. The van der Waals surface area contributed by atoms with Crippen molar-refractivity contribution in [1.82, 2.24) is 0 Å². The van der Waals surface area contributed by atoms with Crippen molar-refractivity contribution in [1.29, 1.82) is 0 Å². The van der Waals surface area contributed by atoms with Crippen molar-refractivity contribution < 1.29 is 4.74 Å². The monoisotopic (exact) mass is 323 g/mol. The third kappa shape index (κ3) is 2.76. The van der Waals surface area contributed by atoms with Crippen LogP contribution < -0.4 is 9.64 Å². The van der Waals surface area contributed by atoms with Gasteiger partial charge in [0, 0.05) is 18.4 Å². The molecule has 2 aliphatic rings. The predicted octanol–water partition coefficient (Wildman–Crippen LogP) is 4.23. The second-order valence-corrected chi connectivity index (χ2v) is 6.49. The molecule has 1 aliphatic carbocycles. The quantitative estimate of drug-likeness (QED) is 0.772. The van der Waals surface area contributed by atoms with Crippen molar-refractivity contribution in [2.45, 2.75) is 32.1 Å². The lowest BCUT2D eigenvalue weighted by Crippen LogP contribution is -2.37. The Kier molecular flexibility index (Phi) is 4.01. The standard InChI is InChI=1S/C16H22BrNO/c17-12-16(8-3-4-9-16)13-18-10-5-11-19-15-7-2-1-6-14(15)18/h1-2,6-7H,3-5,8-13H2. The number of nitrogens with zero attached hydrogens (tertiary/aromatic N) is 1. The summed E-state index contributed by atoms with van der Waals surface area (Å²) in [7, 11) is 0. The SMILES string of the molecule is BrCC1(CN2CCCOc3ccccc32)CCCC1. The van der Waals surface area contributed by atoms with Gasteiger partial charge in [-0.15, -0.1) is 0 Å². The lowest BCUT2D eigenvalue weighted by molar-refractivity contribution is 0.320. The Morgan fingerprint density at radius 3 is 2.74 bits per heavy atom. The Morgan fingerprint density at radius 1 is 1.16 bits per heavy atom. The van der Waals surface area contributed by atoms with Crippen LogP contribution in [0.3, 0.4) is 0 Å². The number of halogens is 1. The largest absolute Gasteiger partial charge is 0.491 e. The van der Waals surface area contributed by atoms with Gasteiger partial charge in [0.1, 0.15) is 5.75 Å². The van der Waals surface area contributed by atoms with Crippen LogP contribution in [0.4, 0.5) is 5.69 Å². The van der Waals surface area contributed by atoms with E-state index in [4.69, 9.17) is 4.74 Å². The molecule has 2 nitrogen and oxygen atoms in total. The number of para-hydroxylation sites is 2. The predicted molar refractivity (Wildman–Crippen MR) is 83.5 cm³/mol. The number of alkyl halides is 1. The number of fused-ring (bicyclic) bond motifs is 1. The third-order valence-corrected chi connectivity index (χ3v) is 5.70. The zero-order valence-corrected chi connectivity index (χ0v) is 13.0. The smallest absolute Gasteiger partial charge is 0.142 e. The van der Waals surface area contributed by atoms with Gasteiger partial charge in [-0.05, 0) is 36.8 Å². The molecule has 1 aromatic carbocycles. The maximum absolute atomic E-state index is 5.86. The van der Waals surface area contributed by atoms with Crippen LogP contribution >= 0.6 is 15.9 Å². The van der Waals surface area contributed by atoms with E-state index in [-0.39, 0.29) is 0 Å². The fourth-order valence-electron chi connectivity index (χ4n) is 3.43. The zero-order chi connectivity index (χ0) is 13.1. The summed E-state index contributed by atoms with van der Waals surface area (Å²) in [6, 6.07) is 8.49. The Bertz CT molecular complexity index is 429. The van der Waals surface area contributed by atoms with E-state index in [1.54, 1.807) is 0 Å². The molecule has 1 aliphatic heterocycles. The van der Waals surface area contributed by atoms with Crippen molar-refractivity contribution in [3.05, 3.63) is 24.3 Å². The van der Waals surface area contributed by atoms with Crippen LogP contribution in [0.25, 0.3) is 0 Å². The minimum atomic E-state index is 0.470. The van der Waals surface area contributed by atoms with Gasteiger partial charge in [-0.1, -0.05) is 40.9 Å². The van der Waals surface area contributed by atoms with E-state index in [2.05, 4.69) is 45.1 Å². The van der Waals surface area contributed by atoms with Gasteiger partial charge in [-0.25, -0.2) is 0 Å². The van der Waals surface area contributed by atoms with Gasteiger partial charge in [-0.2, -0.15) is 0 Å². The van der Waals surface area contributed by atoms with E-state index in [1.165, 1.54) is 37.9 Å². The summed E-state index contributed by atoms with van der Waals surface area (Å²) in [6.45, 7) is 3.12. The molecule has 0 radical (unpaired) electrons. The first kappa shape index (κ1) is 13.3. The second-order valence-electron chi connectivity index (χ2n) is 5.93. The van der Waals surface area contributed by atoms with Crippen LogP contribution in [0.2, 0.25) is 0 Å². The molecule has 3 heteroatoms. The highest BCUT2D eigenvalue weighted by Gasteiger charge is 2.35. The topological polar surface area (TPSA) is 12.5 Å². The van der Waals surface area contributed by atoms with Crippen molar-refractivity contribution in [3.8, 4) is 5.75 Å². The lowest BCUT2D eigenvalue weighted by Gasteiger charge is -2.35. The molecular weight excluding hydrogens is 302 g/mol. The average Bonchev–Trinajstić information content (AvgIpc) is 2.83. The van der Waals surface area contributed by atoms with Gasteiger partial charge in [-0.3, -0.25) is 0 Å². The maximum Gasteiger partial charge on any atom is 0.142 e. The first-order valence-electron chi connectivity index (χ1n) is 7.36. The molecule has 0 N–H and O–H groups in total. The highest BCUT2D eigenvalue weighted by molar-refractivity contribution is 9.09. The summed E-state index contributed by atoms with van der Waals surface area (Å²) < 4.78 is 5.86. The molecule has 0 aromatic heterocycles. The Labute approximate surface area is 124 Å². The normalized spacial score (nSPS) is 21.6. The van der Waals surface area contributed by atoms with E-state index in [0.717, 1.165) is 30.7 Å². The molecule has 3 rings (SSSR count). The summed E-state index contributed by atoms with van der Waals surface area (Å²) in [5, 5.41) is 1.12. The highest BCUT2D eigenvalue weighted by atomic mass is 79.9. The van der Waals surface area contributed by atoms with Gasteiger partial charge in [0.15, 0.2) is 0 Å². The summed E-state index contributed by atoms with van der Waals surface area (Å²) in [5.41, 5.74) is 1.75. The van der Waals surface area contributed by atoms with Crippen molar-refractivity contribution in [2.24, 2.45) is 5.41 Å². The number of rotatable bonds is 3. The average molecular weight is 324 g/mol. The van der Waals surface area contributed by atoms with Crippen LogP contribution in [0.5, 0.6) is 5.75 Å². The van der Waals surface area contributed by atoms with Gasteiger partial charge in [0.25, 0.3) is 0 Å². The van der Waals surface area contributed by atoms with E-state index in [9.17, 15) is 0 Å². The van der Waals surface area contributed by atoms with Gasteiger partial charge >= 0.3 is 0 Å². The first-order valence-corrected chi connectivity index (χ1v) is 8.48. The van der Waals surface area contributed by atoms with E-state index in [0.29, 0.717) is 5.41 Å². The van der Waals surface area contributed by atoms with Crippen LogP contribution in [0.1, 0.15) is 32.1 Å². The third-order valence-electron chi connectivity index (χ3n) is 4.51. The molecule has 0 saturated heterocycles. The maximum atomic E-state index is 5.86. The van der Waals surface area contributed by atoms with Crippen LogP contribution in [-0.4, -0.2) is 25.0 Å². The molecule has 19 heavy (non-hydrogen) atoms. The number of benzene rings is 1. The van der Waals surface area contributed by atoms with Crippen LogP contribution in [0.15, 0.2) is 24.3 Å². The van der Waals surface area contributed by atoms with Gasteiger partial charge in [0.2, 0.25) is 0 Å². The number of hydrogen-bond acceptors (Lipinski definition) is 2. The fraction of sp³-hybridized carbons (Fsp3) is 0.625. The number of anilines is 1. The summed E-state index contributed by atoms with van der Waals surface area (Å²) >= 11 is 3.76. The van der Waals surface area contributed by atoms with Crippen molar-refractivity contribution in [3.63, 3.8) is 0 Å². The molecule has 0 atom stereocenters. The second kappa shape index (κ2) is 5.74. The lowest BCUT2D eigenvalue weighted by atomic mass is 9.88. The molecule has 0 amide bonds. The van der Waals surface area contributed by atoms with Crippen LogP contribution in [-0.2, 0) is 0 Å². The zero-order valence-electron chi connectivity index (χ0n) is 11.4. The van der Waals surface area contributed by atoms with Gasteiger partial charge in [0.05, 0.1) is 12.3 Å². The minimum Gasteiger partial charge on any atom is -0.491 e. The molecule has 1 saturated carbocycles. The van der Waals surface area contributed by atoms with Gasteiger partial charge < -0.3 is 9.64 Å². The summed E-state index contributed by atoms with van der Waals surface area (Å²) in [6.07, 6.45) is 6.61. The minimum absolute atomic E-state index is 0.470. The molecule has 0 bridgehead atoms. The van der Waals surface area contributed by atoms with E-state index in [1.807, 2.05) is 0 Å². The van der Waals surface area contributed by atoms with Crippen molar-refractivity contribution >= 4 is 21.6 Å². The Balaban J connectivity index is 1.84.